The Morgan fingerprint density at radius 2 is 1.52 bits per heavy atom. The zero-order valence-corrected chi connectivity index (χ0v) is 34.4. The molecule has 2 saturated heterocycles. The van der Waals surface area contributed by atoms with Crippen LogP contribution in [0.4, 0.5) is 23.3 Å². The highest BCUT2D eigenvalue weighted by Gasteiger charge is 2.50. The van der Waals surface area contributed by atoms with E-state index in [1.165, 1.54) is 16.9 Å². The van der Waals surface area contributed by atoms with Gasteiger partial charge in [-0.2, -0.15) is 10.2 Å². The van der Waals surface area contributed by atoms with E-state index in [2.05, 4.69) is 41.0 Å². The van der Waals surface area contributed by atoms with Crippen molar-refractivity contribution >= 4 is 69.1 Å². The van der Waals surface area contributed by atoms with E-state index in [1.807, 2.05) is 37.5 Å². The average Bonchev–Trinajstić information content (AvgIpc) is 3.94. The maximum atomic E-state index is 13.8. The minimum Gasteiger partial charge on any atom is -0.395 e. The van der Waals surface area contributed by atoms with Gasteiger partial charge in [0.05, 0.1) is 58.1 Å². The van der Waals surface area contributed by atoms with Crippen molar-refractivity contribution in [2.45, 2.75) is 65.8 Å². The van der Waals surface area contributed by atoms with Crippen molar-refractivity contribution in [2.24, 2.45) is 11.5 Å². The molecule has 61 heavy (non-hydrogen) atoms. The van der Waals surface area contributed by atoms with Crippen molar-refractivity contribution in [1.82, 2.24) is 48.5 Å². The third-order valence-electron chi connectivity index (χ3n) is 11.3. The molecule has 0 saturated carbocycles. The molecule has 0 unspecified atom stereocenters. The summed E-state index contributed by atoms with van der Waals surface area (Å²) in [4.78, 5) is 68.4. The van der Waals surface area contributed by atoms with Gasteiger partial charge in [-0.25, -0.2) is 15.0 Å². The van der Waals surface area contributed by atoms with Crippen molar-refractivity contribution in [2.75, 3.05) is 54.5 Å². The average molecular weight is 833 g/mol. The van der Waals surface area contributed by atoms with Crippen molar-refractivity contribution in [3.05, 3.63) is 76.5 Å². The van der Waals surface area contributed by atoms with Gasteiger partial charge in [-0.3, -0.25) is 48.6 Å². The van der Waals surface area contributed by atoms with E-state index in [0.29, 0.717) is 64.6 Å². The molecule has 9 N–H and O–H groups in total. The number of imidazole rings is 2. The van der Waals surface area contributed by atoms with E-state index in [0.717, 1.165) is 32.7 Å². The third kappa shape index (κ3) is 7.52. The molecule has 0 bridgehead atoms. The smallest absolute Gasteiger partial charge is 0.278 e. The molecule has 1 aromatic carbocycles. The van der Waals surface area contributed by atoms with Gasteiger partial charge in [0.15, 0.2) is 5.65 Å². The number of fused-ring (bicyclic) bond motifs is 2. The zero-order valence-electron chi connectivity index (χ0n) is 34.4. The summed E-state index contributed by atoms with van der Waals surface area (Å²) in [7, 11) is 0. The number of anilines is 4. The highest BCUT2D eigenvalue weighted by molar-refractivity contribution is 6.07. The first-order valence-electron chi connectivity index (χ1n) is 20.0. The molecule has 2 fully saturated rings. The van der Waals surface area contributed by atoms with Crippen LogP contribution in [0.5, 0.6) is 0 Å². The van der Waals surface area contributed by atoms with Crippen molar-refractivity contribution in [3.8, 4) is 0 Å². The second-order valence-electron chi connectivity index (χ2n) is 15.2. The van der Waals surface area contributed by atoms with Gasteiger partial charge in [0.25, 0.3) is 11.8 Å². The van der Waals surface area contributed by atoms with Crippen LogP contribution < -0.4 is 33.2 Å². The van der Waals surface area contributed by atoms with Gasteiger partial charge in [0, 0.05) is 57.6 Å². The largest absolute Gasteiger partial charge is 0.395 e. The summed E-state index contributed by atoms with van der Waals surface area (Å²) in [5, 5.41) is 18.1. The van der Waals surface area contributed by atoms with Gasteiger partial charge >= 0.3 is 0 Å². The number of aryl methyl sites for hydroxylation is 4. The maximum absolute atomic E-state index is 13.8. The van der Waals surface area contributed by atoms with Gasteiger partial charge < -0.3 is 31.8 Å². The number of nitrogen functional groups attached to an aromatic ring is 1. The topological polar surface area (TPSA) is 279 Å². The van der Waals surface area contributed by atoms with Crippen LogP contribution in [-0.4, -0.2) is 111 Å². The molecule has 8 rings (SSSR count). The number of primary amides is 2. The van der Waals surface area contributed by atoms with Crippen LogP contribution in [0.15, 0.2) is 42.6 Å². The number of carbonyl (C=O) groups excluding carboxylic acids is 4. The number of hydrogen-bond acceptors (Lipinski definition) is 13. The number of nitrogens with one attached hydrogen (secondary N) is 3. The van der Waals surface area contributed by atoms with E-state index in [1.54, 1.807) is 34.4 Å². The molecule has 2 aliphatic heterocycles. The molecular weight excluding hydrogens is 785 g/mol. The molecule has 2 aliphatic rings. The Kier molecular flexibility index (Phi) is 10.8. The molecular formula is C40H48N16O5. The summed E-state index contributed by atoms with van der Waals surface area (Å²) in [5.74, 6) is -1.86. The summed E-state index contributed by atoms with van der Waals surface area (Å²) < 4.78 is 12.2. The molecule has 0 radical (unpaired) electrons. The molecule has 21 nitrogen and oxygen atoms in total. The number of allylic oxidation sites excluding steroid dienone is 2. The SMILES string of the molecule is CCn1nc(C)cc1C(=O)Nc1nc2cc(C(N)=O)cc(NCCN3CCC34COC4)c2n1C/C=C/Cn1c(NC(=O)c2c(N)c(C)nn2CC)nc2cc(C(N)=O)cnc21. The molecule has 0 aliphatic carbocycles. The number of benzene rings is 1. The van der Waals surface area contributed by atoms with Gasteiger partial charge in [-0.05, 0) is 58.4 Å². The Morgan fingerprint density at radius 3 is 2.18 bits per heavy atom. The number of likely N-dealkylation sites (tertiary alicyclic amines) is 1. The fourth-order valence-corrected chi connectivity index (χ4v) is 7.88. The molecule has 0 atom stereocenters. The van der Waals surface area contributed by atoms with E-state index < -0.39 is 23.6 Å². The number of rotatable bonds is 16. The van der Waals surface area contributed by atoms with Crippen molar-refractivity contribution in [1.29, 1.82) is 0 Å². The quantitative estimate of drug-likeness (QED) is 0.0765. The first kappa shape index (κ1) is 40.6. The van der Waals surface area contributed by atoms with E-state index >= 15 is 0 Å². The van der Waals surface area contributed by atoms with Crippen LogP contribution in [0.1, 0.15) is 73.3 Å². The summed E-state index contributed by atoms with van der Waals surface area (Å²) in [6, 6.07) is 6.51. The normalized spacial score (nSPS) is 14.8. The number of nitrogens with zero attached hydrogens (tertiary/aromatic N) is 10. The fraction of sp³-hybridized carbons (Fsp3) is 0.375. The predicted octanol–water partition coefficient (Wildman–Crippen LogP) is 2.26. The molecule has 21 heteroatoms. The van der Waals surface area contributed by atoms with E-state index in [-0.39, 0.29) is 53.0 Å². The third-order valence-corrected chi connectivity index (χ3v) is 11.3. The zero-order chi connectivity index (χ0) is 43.2. The Morgan fingerprint density at radius 1 is 0.852 bits per heavy atom. The lowest BCUT2D eigenvalue weighted by atomic mass is 9.83. The minimum absolute atomic E-state index is 0.104. The summed E-state index contributed by atoms with van der Waals surface area (Å²) in [6.45, 7) is 12.3. The molecule has 6 aromatic rings. The maximum Gasteiger partial charge on any atom is 0.278 e. The second-order valence-corrected chi connectivity index (χ2v) is 15.2. The number of ether oxygens (including phenoxy) is 1. The van der Waals surface area contributed by atoms with Gasteiger partial charge in [-0.1, -0.05) is 12.2 Å². The number of pyridine rings is 1. The standard InChI is InChI=1S/C40H48N16O5/c1-5-55-29(15-22(3)50-55)36(59)48-38-46-27-17-24(33(42)57)16-26(44-10-14-52-13-9-40(52)20-61-21-40)31(27)53(38)11-7-8-12-54-35-28(18-25(19-45-35)34(43)58)47-39(54)49-37(60)32-30(41)23(4)51-56(32)6-2/h7-8,15-19,44H,5-6,9-14,20-21,41H2,1-4H3,(H2,42,57)(H2,43,58)(H,46,48,59)(H,47,49,60)/b8-7+. The van der Waals surface area contributed by atoms with Crippen LogP contribution in [0.3, 0.4) is 0 Å². The minimum atomic E-state index is -0.677. The van der Waals surface area contributed by atoms with E-state index in [9.17, 15) is 19.2 Å². The molecule has 1 spiro atoms. The van der Waals surface area contributed by atoms with Crippen molar-refractivity contribution in [3.63, 3.8) is 0 Å². The summed E-state index contributed by atoms with van der Waals surface area (Å²) in [5.41, 5.74) is 22.5. The summed E-state index contributed by atoms with van der Waals surface area (Å²) >= 11 is 0. The Bertz CT molecular complexity index is 2750. The Balaban J connectivity index is 1.14. The number of aromatic nitrogens is 9. The van der Waals surface area contributed by atoms with E-state index in [4.69, 9.17) is 26.9 Å². The van der Waals surface area contributed by atoms with Crippen LogP contribution in [-0.2, 0) is 30.9 Å². The van der Waals surface area contributed by atoms with Gasteiger partial charge in [0.2, 0.25) is 23.7 Å². The highest BCUT2D eigenvalue weighted by atomic mass is 16.5. The van der Waals surface area contributed by atoms with Crippen LogP contribution in [0, 0.1) is 13.8 Å². The number of hydrogen-bond donors (Lipinski definition) is 6. The molecule has 4 amide bonds. The Labute approximate surface area is 349 Å². The lowest BCUT2D eigenvalue weighted by Crippen LogP contribution is -2.71. The van der Waals surface area contributed by atoms with Gasteiger partial charge in [0.1, 0.15) is 16.9 Å². The number of amides is 4. The van der Waals surface area contributed by atoms with Crippen LogP contribution in [0.2, 0.25) is 0 Å². The highest BCUT2D eigenvalue weighted by Crippen LogP contribution is 2.37. The monoisotopic (exact) mass is 832 g/mol. The van der Waals surface area contributed by atoms with Gasteiger partial charge in [-0.15, -0.1) is 0 Å². The lowest BCUT2D eigenvalue weighted by molar-refractivity contribution is -0.190. The predicted molar refractivity (Wildman–Crippen MR) is 227 cm³/mol. The lowest BCUT2D eigenvalue weighted by Gasteiger charge is -2.57. The molecule has 5 aromatic heterocycles. The van der Waals surface area contributed by atoms with Crippen LogP contribution in [0.25, 0.3) is 22.2 Å². The second kappa shape index (κ2) is 16.1. The first-order chi connectivity index (χ1) is 29.3. The Hall–Kier alpha value is -7.13. The number of carbonyl (C=O) groups is 4. The number of nitrogens with two attached hydrogens (primary N) is 3. The molecule has 7 heterocycles. The molecule has 318 valence electrons. The fourth-order valence-electron chi connectivity index (χ4n) is 7.88. The van der Waals surface area contributed by atoms with Crippen LogP contribution >= 0.6 is 0 Å². The first-order valence-corrected chi connectivity index (χ1v) is 20.0. The summed E-state index contributed by atoms with van der Waals surface area (Å²) in [6.07, 6.45) is 6.16. The van der Waals surface area contributed by atoms with Crippen molar-refractivity contribution < 1.29 is 23.9 Å².